The van der Waals surface area contributed by atoms with Crippen LogP contribution in [0.4, 0.5) is 0 Å². The van der Waals surface area contributed by atoms with Gasteiger partial charge in [0.15, 0.2) is 0 Å². The summed E-state index contributed by atoms with van der Waals surface area (Å²) in [5.74, 6) is -0.312. The molecule has 0 unspecified atom stereocenters. The van der Waals surface area contributed by atoms with Crippen LogP contribution in [0.25, 0.3) is 11.1 Å². The van der Waals surface area contributed by atoms with E-state index >= 15 is 0 Å². The van der Waals surface area contributed by atoms with Gasteiger partial charge in [0, 0.05) is 6.08 Å². The van der Waals surface area contributed by atoms with Gasteiger partial charge < -0.3 is 4.74 Å². The zero-order chi connectivity index (χ0) is 18.6. The lowest BCUT2D eigenvalue weighted by Crippen LogP contribution is -2.01. The van der Waals surface area contributed by atoms with E-state index in [0.29, 0.717) is 6.61 Å². The molecule has 0 aromatic heterocycles. The Kier molecular flexibility index (Phi) is 8.68. The van der Waals surface area contributed by atoms with Crippen LogP contribution in [0.1, 0.15) is 56.6 Å². The molecule has 0 heterocycles. The van der Waals surface area contributed by atoms with Crippen molar-refractivity contribution in [3.05, 3.63) is 72.3 Å². The predicted molar refractivity (Wildman–Crippen MR) is 109 cm³/mol. The fraction of sp³-hybridized carbons (Fsp3) is 0.375. The molecule has 0 amide bonds. The molecule has 2 aromatic rings. The fourth-order valence-corrected chi connectivity index (χ4v) is 3.19. The van der Waals surface area contributed by atoms with Crippen molar-refractivity contribution in [1.29, 1.82) is 0 Å². The maximum absolute atomic E-state index is 10.6. The first-order valence-corrected chi connectivity index (χ1v) is 9.71. The Hall–Kier alpha value is -2.35. The molecule has 26 heavy (non-hydrogen) atoms. The van der Waals surface area contributed by atoms with E-state index in [1.807, 2.05) is 0 Å². The number of unbranched alkanes of at least 4 members (excludes halogenated alkanes) is 5. The van der Waals surface area contributed by atoms with Crippen molar-refractivity contribution in [2.45, 2.75) is 51.9 Å². The number of benzene rings is 2. The van der Waals surface area contributed by atoms with Crippen molar-refractivity contribution < 1.29 is 9.53 Å². The lowest BCUT2D eigenvalue weighted by molar-refractivity contribution is -0.137. The zero-order valence-corrected chi connectivity index (χ0v) is 15.9. The Morgan fingerprint density at radius 1 is 0.923 bits per heavy atom. The van der Waals surface area contributed by atoms with Crippen LogP contribution in [0.15, 0.2) is 61.2 Å². The first kappa shape index (κ1) is 20.0. The molecule has 0 saturated carbocycles. The monoisotopic (exact) mass is 350 g/mol. The summed E-state index contributed by atoms with van der Waals surface area (Å²) in [4.78, 5) is 10.6. The van der Waals surface area contributed by atoms with Crippen molar-refractivity contribution in [3.63, 3.8) is 0 Å². The topological polar surface area (TPSA) is 26.3 Å². The molecule has 2 aromatic carbocycles. The van der Waals surface area contributed by atoms with Crippen molar-refractivity contribution in [2.75, 3.05) is 6.61 Å². The van der Waals surface area contributed by atoms with Gasteiger partial charge in [-0.2, -0.15) is 0 Å². The minimum atomic E-state index is -0.312. The largest absolute Gasteiger partial charge is 0.463 e. The van der Waals surface area contributed by atoms with E-state index in [-0.39, 0.29) is 5.97 Å². The van der Waals surface area contributed by atoms with Gasteiger partial charge in [-0.3, -0.25) is 0 Å². The van der Waals surface area contributed by atoms with Gasteiger partial charge in [0.25, 0.3) is 0 Å². The molecule has 3 rings (SSSR count). The SMILES string of the molecule is C=CC(=O)OCCCCCCCC.c1ccc2c(c1)Cc1ccccc1-2. The second-order valence-corrected chi connectivity index (χ2v) is 6.63. The van der Waals surface area contributed by atoms with Crippen molar-refractivity contribution in [1.82, 2.24) is 0 Å². The Morgan fingerprint density at radius 2 is 1.46 bits per heavy atom. The van der Waals surface area contributed by atoms with E-state index < -0.39 is 0 Å². The van der Waals surface area contributed by atoms with Gasteiger partial charge in [-0.25, -0.2) is 4.79 Å². The van der Waals surface area contributed by atoms with E-state index in [2.05, 4.69) is 62.0 Å². The van der Waals surface area contributed by atoms with Crippen LogP contribution in [-0.2, 0) is 16.0 Å². The second kappa shape index (κ2) is 11.3. The molecule has 0 spiro atoms. The van der Waals surface area contributed by atoms with Crippen LogP contribution in [0.5, 0.6) is 0 Å². The standard InChI is InChI=1S/C13H10.C11H20O2/c1-3-7-12-10(5-1)9-11-6-2-4-8-13(11)12;1-3-5-6-7-8-9-10-13-11(12)4-2/h1-8H,9H2;4H,2-3,5-10H2,1H3. The highest BCUT2D eigenvalue weighted by Gasteiger charge is 2.15. The maximum atomic E-state index is 10.6. The van der Waals surface area contributed by atoms with E-state index in [9.17, 15) is 4.79 Å². The number of rotatable bonds is 8. The summed E-state index contributed by atoms with van der Waals surface area (Å²) in [5.41, 5.74) is 5.75. The molecule has 1 aliphatic carbocycles. The summed E-state index contributed by atoms with van der Waals surface area (Å²) >= 11 is 0. The van der Waals surface area contributed by atoms with Crippen LogP contribution < -0.4 is 0 Å². The third-order valence-corrected chi connectivity index (χ3v) is 4.61. The molecule has 0 N–H and O–H groups in total. The second-order valence-electron chi connectivity index (χ2n) is 6.63. The quantitative estimate of drug-likeness (QED) is 0.269. The molecular formula is C24H30O2. The molecule has 0 radical (unpaired) electrons. The highest BCUT2D eigenvalue weighted by molar-refractivity contribution is 5.81. The summed E-state index contributed by atoms with van der Waals surface area (Å²) in [6, 6.07) is 17.3. The Labute approximate surface area is 157 Å². The van der Waals surface area contributed by atoms with Gasteiger partial charge in [-0.05, 0) is 35.1 Å². The number of ether oxygens (including phenoxy) is 1. The first-order valence-electron chi connectivity index (χ1n) is 9.71. The fourth-order valence-electron chi connectivity index (χ4n) is 3.19. The number of fused-ring (bicyclic) bond motifs is 3. The highest BCUT2D eigenvalue weighted by Crippen LogP contribution is 2.35. The van der Waals surface area contributed by atoms with Crippen molar-refractivity contribution in [2.24, 2.45) is 0 Å². The summed E-state index contributed by atoms with van der Waals surface area (Å²) in [5, 5.41) is 0. The third kappa shape index (κ3) is 6.18. The summed E-state index contributed by atoms with van der Waals surface area (Å²) in [6.07, 6.45) is 9.57. The van der Waals surface area contributed by atoms with Gasteiger partial charge in [0.05, 0.1) is 6.61 Å². The van der Waals surface area contributed by atoms with Crippen molar-refractivity contribution >= 4 is 5.97 Å². The molecular weight excluding hydrogens is 320 g/mol. The van der Waals surface area contributed by atoms with Gasteiger partial charge >= 0.3 is 5.97 Å². The summed E-state index contributed by atoms with van der Waals surface area (Å²) < 4.78 is 4.84. The average molecular weight is 351 g/mol. The number of hydrogen-bond acceptors (Lipinski definition) is 2. The normalized spacial score (nSPS) is 11.0. The highest BCUT2D eigenvalue weighted by atomic mass is 16.5. The van der Waals surface area contributed by atoms with Crippen LogP contribution in [-0.4, -0.2) is 12.6 Å². The van der Waals surface area contributed by atoms with Crippen LogP contribution in [0.2, 0.25) is 0 Å². The average Bonchev–Trinajstić information content (AvgIpc) is 3.06. The van der Waals surface area contributed by atoms with Crippen LogP contribution >= 0.6 is 0 Å². The molecule has 2 nitrogen and oxygen atoms in total. The van der Waals surface area contributed by atoms with E-state index in [1.165, 1.54) is 54.0 Å². The number of hydrogen-bond donors (Lipinski definition) is 0. The molecule has 0 atom stereocenters. The van der Waals surface area contributed by atoms with E-state index in [4.69, 9.17) is 4.74 Å². The Balaban J connectivity index is 0.000000187. The minimum Gasteiger partial charge on any atom is -0.463 e. The zero-order valence-electron chi connectivity index (χ0n) is 15.9. The number of carbonyl (C=O) groups excluding carboxylic acids is 1. The minimum absolute atomic E-state index is 0.312. The summed E-state index contributed by atoms with van der Waals surface area (Å²) in [6.45, 7) is 6.06. The van der Waals surface area contributed by atoms with Crippen LogP contribution in [0.3, 0.4) is 0 Å². The van der Waals surface area contributed by atoms with Crippen molar-refractivity contribution in [3.8, 4) is 11.1 Å². The number of carbonyl (C=O) groups is 1. The molecule has 1 aliphatic rings. The molecule has 138 valence electrons. The predicted octanol–water partition coefficient (Wildman–Crippen LogP) is 6.33. The molecule has 2 heteroatoms. The lowest BCUT2D eigenvalue weighted by atomic mass is 10.1. The Morgan fingerprint density at radius 3 is 2.04 bits per heavy atom. The molecule has 0 saturated heterocycles. The summed E-state index contributed by atoms with van der Waals surface area (Å²) in [7, 11) is 0. The van der Waals surface area contributed by atoms with E-state index in [1.54, 1.807) is 0 Å². The Bertz CT molecular complexity index is 659. The molecule has 0 bridgehead atoms. The maximum Gasteiger partial charge on any atom is 0.330 e. The smallest absolute Gasteiger partial charge is 0.330 e. The molecule has 0 aliphatic heterocycles. The van der Waals surface area contributed by atoms with Gasteiger partial charge in [0.1, 0.15) is 0 Å². The number of esters is 1. The first-order chi connectivity index (χ1) is 12.8. The van der Waals surface area contributed by atoms with Gasteiger partial charge in [0.2, 0.25) is 0 Å². The van der Waals surface area contributed by atoms with E-state index in [0.717, 1.165) is 19.3 Å². The lowest BCUT2D eigenvalue weighted by Gasteiger charge is -2.01. The van der Waals surface area contributed by atoms with Gasteiger partial charge in [-0.15, -0.1) is 0 Å². The van der Waals surface area contributed by atoms with Crippen LogP contribution in [0, 0.1) is 0 Å². The third-order valence-electron chi connectivity index (χ3n) is 4.61. The van der Waals surface area contributed by atoms with Gasteiger partial charge in [-0.1, -0.05) is 94.1 Å². The molecule has 0 fully saturated rings.